The molecule has 0 saturated carbocycles. The van der Waals surface area contributed by atoms with Crippen molar-refractivity contribution in [2.45, 2.75) is 20.4 Å². The van der Waals surface area contributed by atoms with Gasteiger partial charge in [0.25, 0.3) is 0 Å². The van der Waals surface area contributed by atoms with Crippen molar-refractivity contribution in [2.24, 2.45) is 0 Å². The van der Waals surface area contributed by atoms with Gasteiger partial charge in [0.2, 0.25) is 5.28 Å². The zero-order valence-electron chi connectivity index (χ0n) is 11.5. The van der Waals surface area contributed by atoms with Gasteiger partial charge in [0.1, 0.15) is 11.3 Å². The standard InChI is InChI=1S/C15H12Cl2FN3/c1-8-5-10(3-4-11(8)18)7-21-12-6-9(2)19-14(16)13(12)20-15(21)17/h3-6H,7H2,1-2H3. The maximum Gasteiger partial charge on any atom is 0.204 e. The highest BCUT2D eigenvalue weighted by Crippen LogP contribution is 2.26. The molecule has 2 heterocycles. The smallest absolute Gasteiger partial charge is 0.204 e. The van der Waals surface area contributed by atoms with Crippen molar-refractivity contribution in [1.29, 1.82) is 0 Å². The summed E-state index contributed by atoms with van der Waals surface area (Å²) >= 11 is 12.3. The van der Waals surface area contributed by atoms with E-state index in [-0.39, 0.29) is 5.82 Å². The van der Waals surface area contributed by atoms with Crippen LogP contribution in [0.25, 0.3) is 11.0 Å². The first-order chi connectivity index (χ1) is 9.95. The number of imidazole rings is 1. The molecule has 108 valence electrons. The van der Waals surface area contributed by atoms with Crippen molar-refractivity contribution in [3.63, 3.8) is 0 Å². The van der Waals surface area contributed by atoms with Crippen molar-refractivity contribution in [1.82, 2.24) is 14.5 Å². The molecule has 0 aliphatic carbocycles. The summed E-state index contributed by atoms with van der Waals surface area (Å²) in [4.78, 5) is 8.42. The number of rotatable bonds is 2. The fourth-order valence-corrected chi connectivity index (χ4v) is 2.82. The van der Waals surface area contributed by atoms with Crippen molar-refractivity contribution < 1.29 is 4.39 Å². The minimum atomic E-state index is -0.219. The van der Waals surface area contributed by atoms with Crippen molar-refractivity contribution in [2.75, 3.05) is 0 Å². The molecule has 3 rings (SSSR count). The average Bonchev–Trinajstić information content (AvgIpc) is 2.72. The van der Waals surface area contributed by atoms with Gasteiger partial charge in [-0.05, 0) is 48.7 Å². The van der Waals surface area contributed by atoms with Gasteiger partial charge in [-0.1, -0.05) is 23.7 Å². The highest BCUT2D eigenvalue weighted by molar-refractivity contribution is 6.34. The Kier molecular flexibility index (Phi) is 3.59. The fourth-order valence-electron chi connectivity index (χ4n) is 2.31. The number of hydrogen-bond acceptors (Lipinski definition) is 2. The Hall–Kier alpha value is -1.65. The van der Waals surface area contributed by atoms with Gasteiger partial charge in [-0.25, -0.2) is 14.4 Å². The second kappa shape index (κ2) is 5.28. The van der Waals surface area contributed by atoms with Crippen LogP contribution in [0.3, 0.4) is 0 Å². The van der Waals surface area contributed by atoms with Crippen LogP contribution in [-0.4, -0.2) is 14.5 Å². The largest absolute Gasteiger partial charge is 0.310 e. The number of fused-ring (bicyclic) bond motifs is 1. The van der Waals surface area contributed by atoms with Crippen LogP contribution in [0, 0.1) is 19.7 Å². The number of hydrogen-bond donors (Lipinski definition) is 0. The lowest BCUT2D eigenvalue weighted by Crippen LogP contribution is -2.01. The molecule has 0 aliphatic rings. The van der Waals surface area contributed by atoms with Crippen LogP contribution >= 0.6 is 23.2 Å². The third kappa shape index (κ3) is 2.61. The van der Waals surface area contributed by atoms with E-state index in [1.165, 1.54) is 6.07 Å². The maximum atomic E-state index is 13.3. The topological polar surface area (TPSA) is 30.7 Å². The van der Waals surface area contributed by atoms with Crippen molar-refractivity contribution >= 4 is 34.2 Å². The quantitative estimate of drug-likeness (QED) is 0.648. The van der Waals surface area contributed by atoms with E-state index in [0.717, 1.165) is 16.8 Å². The molecule has 6 heteroatoms. The summed E-state index contributed by atoms with van der Waals surface area (Å²) < 4.78 is 15.2. The van der Waals surface area contributed by atoms with Gasteiger partial charge in [-0.2, -0.15) is 0 Å². The molecule has 0 aliphatic heterocycles. The Morgan fingerprint density at radius 2 is 1.90 bits per heavy atom. The Bertz CT molecular complexity index is 843. The molecule has 0 spiro atoms. The van der Waals surface area contributed by atoms with E-state index >= 15 is 0 Å². The SMILES string of the molecule is Cc1cc2c(nc(Cl)n2Cc2ccc(F)c(C)c2)c(Cl)n1. The van der Waals surface area contributed by atoms with E-state index in [1.807, 2.05) is 17.6 Å². The first-order valence-corrected chi connectivity index (χ1v) is 7.15. The number of halogens is 3. The molecule has 0 amide bonds. The van der Waals surface area contributed by atoms with E-state index in [4.69, 9.17) is 23.2 Å². The van der Waals surface area contributed by atoms with Crippen LogP contribution in [-0.2, 0) is 6.54 Å². The summed E-state index contributed by atoms with van der Waals surface area (Å²) in [5.74, 6) is -0.219. The second-order valence-electron chi connectivity index (χ2n) is 4.97. The molecule has 0 unspecified atom stereocenters. The first-order valence-electron chi connectivity index (χ1n) is 6.39. The molecule has 2 aromatic heterocycles. The first kappa shape index (κ1) is 14.3. The van der Waals surface area contributed by atoms with E-state index in [2.05, 4.69) is 9.97 Å². The molecule has 3 aromatic rings. The highest BCUT2D eigenvalue weighted by atomic mass is 35.5. The van der Waals surface area contributed by atoms with Crippen LogP contribution in [0.1, 0.15) is 16.8 Å². The number of pyridine rings is 1. The Morgan fingerprint density at radius 3 is 2.62 bits per heavy atom. The maximum absolute atomic E-state index is 13.3. The number of aromatic nitrogens is 3. The Labute approximate surface area is 131 Å². The molecule has 0 bridgehead atoms. The highest BCUT2D eigenvalue weighted by Gasteiger charge is 2.14. The van der Waals surface area contributed by atoms with Crippen LogP contribution in [0.15, 0.2) is 24.3 Å². The zero-order valence-corrected chi connectivity index (χ0v) is 13.0. The molecule has 0 radical (unpaired) electrons. The molecule has 3 nitrogen and oxygen atoms in total. The van der Waals surface area contributed by atoms with Crippen LogP contribution in [0.2, 0.25) is 10.4 Å². The monoisotopic (exact) mass is 323 g/mol. The number of benzene rings is 1. The molecule has 0 fully saturated rings. The third-order valence-electron chi connectivity index (χ3n) is 3.34. The second-order valence-corrected chi connectivity index (χ2v) is 5.67. The minimum absolute atomic E-state index is 0.219. The summed E-state index contributed by atoms with van der Waals surface area (Å²) in [5.41, 5.74) is 3.73. The van der Waals surface area contributed by atoms with Gasteiger partial charge in [-0.15, -0.1) is 0 Å². The summed E-state index contributed by atoms with van der Waals surface area (Å²) in [6.45, 7) is 4.09. The minimum Gasteiger partial charge on any atom is -0.310 e. The van der Waals surface area contributed by atoms with Gasteiger partial charge < -0.3 is 4.57 Å². The Balaban J connectivity index is 2.11. The lowest BCUT2D eigenvalue weighted by atomic mass is 10.1. The third-order valence-corrected chi connectivity index (χ3v) is 3.89. The van der Waals surface area contributed by atoms with Crippen LogP contribution in [0.4, 0.5) is 4.39 Å². The predicted octanol–water partition coefficient (Wildman–Crippen LogP) is 4.54. The van der Waals surface area contributed by atoms with E-state index in [0.29, 0.717) is 28.1 Å². The summed E-state index contributed by atoms with van der Waals surface area (Å²) in [7, 11) is 0. The van der Waals surface area contributed by atoms with Gasteiger partial charge in [0.05, 0.1) is 12.1 Å². The normalized spacial score (nSPS) is 11.3. The van der Waals surface area contributed by atoms with Crippen LogP contribution < -0.4 is 0 Å². The van der Waals surface area contributed by atoms with E-state index < -0.39 is 0 Å². The van der Waals surface area contributed by atoms with Crippen molar-refractivity contribution in [3.8, 4) is 0 Å². The molecular formula is C15H12Cl2FN3. The molecule has 0 saturated heterocycles. The lowest BCUT2D eigenvalue weighted by molar-refractivity contribution is 0.617. The molecule has 21 heavy (non-hydrogen) atoms. The average molecular weight is 324 g/mol. The Morgan fingerprint density at radius 1 is 1.14 bits per heavy atom. The molecular weight excluding hydrogens is 312 g/mol. The van der Waals surface area contributed by atoms with E-state index in [9.17, 15) is 4.39 Å². The molecule has 0 atom stereocenters. The summed E-state index contributed by atoms with van der Waals surface area (Å²) in [5, 5.41) is 0.669. The van der Waals surface area contributed by atoms with Gasteiger partial charge in [0, 0.05) is 5.69 Å². The van der Waals surface area contributed by atoms with Crippen LogP contribution in [0.5, 0.6) is 0 Å². The summed E-state index contributed by atoms with van der Waals surface area (Å²) in [6.07, 6.45) is 0. The van der Waals surface area contributed by atoms with Gasteiger partial charge in [0.15, 0.2) is 5.15 Å². The van der Waals surface area contributed by atoms with Gasteiger partial charge in [-0.3, -0.25) is 0 Å². The number of nitrogens with zero attached hydrogens (tertiary/aromatic N) is 3. The molecule has 1 aromatic carbocycles. The predicted molar refractivity (Wildman–Crippen MR) is 82.5 cm³/mol. The molecule has 0 N–H and O–H groups in total. The summed E-state index contributed by atoms with van der Waals surface area (Å²) in [6, 6.07) is 6.88. The number of aryl methyl sites for hydroxylation is 2. The van der Waals surface area contributed by atoms with Crippen molar-refractivity contribution in [3.05, 3.63) is 57.3 Å². The lowest BCUT2D eigenvalue weighted by Gasteiger charge is -2.08. The zero-order chi connectivity index (χ0) is 15.1. The van der Waals surface area contributed by atoms with E-state index in [1.54, 1.807) is 19.1 Å². The fraction of sp³-hybridized carbons (Fsp3) is 0.200. The van der Waals surface area contributed by atoms with Gasteiger partial charge >= 0.3 is 0 Å².